The Hall–Kier alpha value is -2.72. The third kappa shape index (κ3) is 2.55. The molecule has 0 saturated heterocycles. The highest BCUT2D eigenvalue weighted by Crippen LogP contribution is 2.43. The summed E-state index contributed by atoms with van der Waals surface area (Å²) >= 11 is 1.40. The van der Waals surface area contributed by atoms with Gasteiger partial charge in [0.05, 0.1) is 5.56 Å². The third-order valence-corrected chi connectivity index (χ3v) is 5.23. The van der Waals surface area contributed by atoms with Gasteiger partial charge in [-0.15, -0.1) is 0 Å². The van der Waals surface area contributed by atoms with Crippen LogP contribution in [-0.4, -0.2) is 16.0 Å². The summed E-state index contributed by atoms with van der Waals surface area (Å²) in [4.78, 5) is 14.1. The van der Waals surface area contributed by atoms with E-state index in [2.05, 4.69) is 6.07 Å². The van der Waals surface area contributed by atoms with Gasteiger partial charge in [0.1, 0.15) is 11.5 Å². The molecule has 118 valence electrons. The van der Waals surface area contributed by atoms with Gasteiger partial charge in [0.2, 0.25) is 0 Å². The van der Waals surface area contributed by atoms with Crippen LogP contribution in [0.1, 0.15) is 15.9 Å². The first-order valence-corrected chi connectivity index (χ1v) is 8.39. The normalized spacial score (nSPS) is 13.1. The van der Waals surface area contributed by atoms with E-state index in [1.807, 2.05) is 42.5 Å². The van der Waals surface area contributed by atoms with Crippen molar-refractivity contribution in [2.45, 2.75) is 16.2 Å². The van der Waals surface area contributed by atoms with Crippen LogP contribution >= 0.6 is 11.8 Å². The van der Waals surface area contributed by atoms with E-state index in [9.17, 15) is 15.0 Å². The zero-order valence-corrected chi connectivity index (χ0v) is 13.5. The molecule has 3 aromatic rings. The molecule has 4 heteroatoms. The minimum Gasteiger partial charge on any atom is -0.508 e. The second-order valence-electron chi connectivity index (χ2n) is 5.73. The average Bonchev–Trinajstić information content (AvgIpc) is 2.70. The Balaban J connectivity index is 1.85. The molecule has 4 rings (SSSR count). The molecule has 1 heterocycles. The Morgan fingerprint density at radius 2 is 1.62 bits per heavy atom. The quantitative estimate of drug-likeness (QED) is 0.680. The van der Waals surface area contributed by atoms with E-state index in [0.717, 1.165) is 21.6 Å². The van der Waals surface area contributed by atoms with Crippen molar-refractivity contribution in [2.75, 3.05) is 0 Å². The molecule has 1 aliphatic heterocycles. The second kappa shape index (κ2) is 5.73. The summed E-state index contributed by atoms with van der Waals surface area (Å²) < 4.78 is 0. The highest BCUT2D eigenvalue weighted by Gasteiger charge is 2.24. The number of aromatic hydroxyl groups is 2. The van der Waals surface area contributed by atoms with Crippen LogP contribution in [0.4, 0.5) is 0 Å². The zero-order chi connectivity index (χ0) is 16.7. The summed E-state index contributed by atoms with van der Waals surface area (Å²) in [5.74, 6) is -0.353. The van der Waals surface area contributed by atoms with Gasteiger partial charge in [-0.25, -0.2) is 0 Å². The van der Waals surface area contributed by atoms with Gasteiger partial charge in [0.15, 0.2) is 5.78 Å². The molecule has 3 nitrogen and oxygen atoms in total. The van der Waals surface area contributed by atoms with E-state index >= 15 is 0 Å². The number of hydrogen-bond donors (Lipinski definition) is 2. The van der Waals surface area contributed by atoms with Crippen LogP contribution in [0.5, 0.6) is 11.5 Å². The summed E-state index contributed by atoms with van der Waals surface area (Å²) in [7, 11) is 0. The number of hydrogen-bond acceptors (Lipinski definition) is 4. The number of phenolic OH excluding ortho intramolecular Hbond substituents is 2. The fourth-order valence-electron chi connectivity index (χ4n) is 2.93. The Morgan fingerprint density at radius 1 is 0.833 bits per heavy atom. The van der Waals surface area contributed by atoms with Crippen LogP contribution in [0.2, 0.25) is 0 Å². The number of phenols is 2. The molecule has 0 aromatic heterocycles. The largest absolute Gasteiger partial charge is 0.508 e. The fraction of sp³-hybridized carbons (Fsp3) is 0.0500. The summed E-state index contributed by atoms with van der Waals surface area (Å²) in [6.45, 7) is 0. The van der Waals surface area contributed by atoms with E-state index < -0.39 is 0 Å². The highest BCUT2D eigenvalue weighted by atomic mass is 32.2. The minimum atomic E-state index is -0.168. The number of ketones is 1. The number of carbonyl (C=O) groups excluding carboxylic acids is 1. The monoisotopic (exact) mass is 334 g/mol. The molecule has 0 amide bonds. The van der Waals surface area contributed by atoms with Crippen LogP contribution in [0.25, 0.3) is 11.1 Å². The molecule has 2 N–H and O–H groups in total. The molecule has 0 bridgehead atoms. The molecule has 0 fully saturated rings. The van der Waals surface area contributed by atoms with Crippen molar-refractivity contribution in [1.29, 1.82) is 0 Å². The molecule has 0 atom stereocenters. The van der Waals surface area contributed by atoms with Gasteiger partial charge in [-0.2, -0.15) is 0 Å². The number of benzene rings is 3. The van der Waals surface area contributed by atoms with Crippen LogP contribution in [-0.2, 0) is 6.42 Å². The second-order valence-corrected chi connectivity index (χ2v) is 6.81. The third-order valence-electron chi connectivity index (χ3n) is 4.09. The molecular weight excluding hydrogens is 320 g/mol. The first kappa shape index (κ1) is 14.8. The predicted octanol–water partition coefficient (Wildman–Crippen LogP) is 4.65. The first-order valence-electron chi connectivity index (χ1n) is 7.57. The Morgan fingerprint density at radius 3 is 2.42 bits per heavy atom. The number of carbonyl (C=O) groups is 1. The van der Waals surface area contributed by atoms with Gasteiger partial charge in [-0.1, -0.05) is 54.2 Å². The van der Waals surface area contributed by atoms with Crippen LogP contribution in [0.15, 0.2) is 70.5 Å². The zero-order valence-electron chi connectivity index (χ0n) is 12.7. The summed E-state index contributed by atoms with van der Waals surface area (Å²) in [5, 5.41) is 19.8. The predicted molar refractivity (Wildman–Crippen MR) is 93.8 cm³/mol. The number of fused-ring (bicyclic) bond motifs is 2. The summed E-state index contributed by atoms with van der Waals surface area (Å²) in [6, 6.07) is 18.8. The Kier molecular flexibility index (Phi) is 3.54. The Labute approximate surface area is 143 Å². The van der Waals surface area contributed by atoms with Crippen molar-refractivity contribution in [2.24, 2.45) is 0 Å². The topological polar surface area (TPSA) is 57.5 Å². The lowest BCUT2D eigenvalue weighted by atomic mass is 9.99. The number of rotatable bonds is 1. The van der Waals surface area contributed by atoms with Gasteiger partial charge in [-0.05, 0) is 28.8 Å². The molecule has 0 saturated carbocycles. The minimum absolute atomic E-state index is 0.0470. The van der Waals surface area contributed by atoms with Crippen LogP contribution in [0.3, 0.4) is 0 Å². The molecule has 24 heavy (non-hydrogen) atoms. The molecule has 3 aromatic carbocycles. The van der Waals surface area contributed by atoms with Gasteiger partial charge < -0.3 is 10.2 Å². The van der Waals surface area contributed by atoms with Crippen molar-refractivity contribution < 1.29 is 15.0 Å². The van der Waals surface area contributed by atoms with E-state index in [-0.39, 0.29) is 29.3 Å². The van der Waals surface area contributed by atoms with Gasteiger partial charge in [-0.3, -0.25) is 4.79 Å². The van der Waals surface area contributed by atoms with E-state index in [4.69, 9.17) is 0 Å². The van der Waals surface area contributed by atoms with Crippen LogP contribution < -0.4 is 0 Å². The molecule has 0 aliphatic carbocycles. The molecule has 1 aliphatic rings. The SMILES string of the molecule is O=C1Cc2ccc(-c3ccccc3)cc2Sc2cc(O)cc(O)c21. The smallest absolute Gasteiger partial charge is 0.172 e. The maximum Gasteiger partial charge on any atom is 0.172 e. The van der Waals surface area contributed by atoms with Gasteiger partial charge in [0, 0.05) is 22.3 Å². The summed E-state index contributed by atoms with van der Waals surface area (Å²) in [5.41, 5.74) is 3.40. The molecule has 0 unspecified atom stereocenters. The highest BCUT2D eigenvalue weighted by molar-refractivity contribution is 7.99. The fourth-order valence-corrected chi connectivity index (χ4v) is 4.13. The Bertz CT molecular complexity index is 949. The van der Waals surface area contributed by atoms with Crippen molar-refractivity contribution in [3.05, 3.63) is 71.8 Å². The lowest BCUT2D eigenvalue weighted by Gasteiger charge is -2.09. The molecule has 0 radical (unpaired) electrons. The van der Waals surface area contributed by atoms with Gasteiger partial charge >= 0.3 is 0 Å². The maximum absolute atomic E-state index is 12.5. The molecule has 0 spiro atoms. The van der Waals surface area contributed by atoms with Crippen molar-refractivity contribution in [1.82, 2.24) is 0 Å². The lowest BCUT2D eigenvalue weighted by Crippen LogP contribution is -2.03. The molecular formula is C20H14O3S. The lowest BCUT2D eigenvalue weighted by molar-refractivity contribution is 0.0987. The standard InChI is InChI=1S/C20H14O3S/c21-15-10-17(23)20-16(22)8-14-7-6-13(12-4-2-1-3-5-12)9-18(14)24-19(20)11-15/h1-7,9-11,21,23H,8H2. The number of Topliss-reactive ketones (excluding diaryl/α,β-unsaturated/α-hetero) is 1. The summed E-state index contributed by atoms with van der Waals surface area (Å²) in [6.07, 6.45) is 0.239. The van der Waals surface area contributed by atoms with E-state index in [1.165, 1.54) is 23.9 Å². The average molecular weight is 334 g/mol. The van der Waals surface area contributed by atoms with Crippen molar-refractivity contribution in [3.63, 3.8) is 0 Å². The first-order chi connectivity index (χ1) is 11.6. The van der Waals surface area contributed by atoms with Crippen molar-refractivity contribution >= 4 is 17.5 Å². The van der Waals surface area contributed by atoms with E-state index in [0.29, 0.717) is 4.90 Å². The van der Waals surface area contributed by atoms with E-state index in [1.54, 1.807) is 0 Å². The van der Waals surface area contributed by atoms with Crippen molar-refractivity contribution in [3.8, 4) is 22.6 Å². The maximum atomic E-state index is 12.5. The van der Waals surface area contributed by atoms with Crippen LogP contribution in [0, 0.1) is 0 Å². The van der Waals surface area contributed by atoms with Gasteiger partial charge in [0.25, 0.3) is 0 Å².